The number of hydrogen-bond acceptors (Lipinski definition) is 2. The maximum absolute atomic E-state index is 2.46. The minimum Gasteiger partial charge on any atom is -0.310 e. The number of fused-ring (bicyclic) bond motifs is 13. The van der Waals surface area contributed by atoms with Crippen molar-refractivity contribution >= 4 is 143 Å². The van der Waals surface area contributed by atoms with Crippen molar-refractivity contribution in [3.63, 3.8) is 0 Å². The van der Waals surface area contributed by atoms with E-state index in [1.807, 2.05) is 0 Å². The van der Waals surface area contributed by atoms with E-state index < -0.39 is 0 Å². The van der Waals surface area contributed by atoms with Gasteiger partial charge in [-0.05, 0) is 213 Å². The Labute approximate surface area is 501 Å². The van der Waals surface area contributed by atoms with Crippen molar-refractivity contribution in [2.75, 3.05) is 9.80 Å². The molecule has 5 heteroatoms. The molecule has 3 heterocycles. The van der Waals surface area contributed by atoms with E-state index in [0.717, 1.165) is 84.0 Å². The fourth-order valence-corrected chi connectivity index (χ4v) is 14.1. The highest BCUT2D eigenvalue weighted by molar-refractivity contribution is 6.15. The molecule has 15 aromatic carbocycles. The van der Waals surface area contributed by atoms with Gasteiger partial charge in [0, 0.05) is 83.5 Å². The molecule has 87 heavy (non-hydrogen) atoms. The number of nitrogens with zero attached hydrogens (tertiary/aromatic N) is 5. The average Bonchev–Trinajstić information content (AvgIpc) is 1.78. The summed E-state index contributed by atoms with van der Waals surface area (Å²) in [7, 11) is 0. The van der Waals surface area contributed by atoms with E-state index >= 15 is 0 Å². The molecule has 18 rings (SSSR count). The second-order valence-corrected chi connectivity index (χ2v) is 23.0. The van der Waals surface area contributed by atoms with Crippen LogP contribution in [0.5, 0.6) is 0 Å². The van der Waals surface area contributed by atoms with Gasteiger partial charge in [0.1, 0.15) is 0 Å². The largest absolute Gasteiger partial charge is 0.310 e. The van der Waals surface area contributed by atoms with Crippen molar-refractivity contribution in [1.82, 2.24) is 13.7 Å². The molecule has 0 aliphatic carbocycles. The Balaban J connectivity index is 0.878. The van der Waals surface area contributed by atoms with Gasteiger partial charge in [-0.15, -0.1) is 0 Å². The van der Waals surface area contributed by atoms with Crippen LogP contribution in [0.25, 0.3) is 126 Å². The van der Waals surface area contributed by atoms with Gasteiger partial charge in [0.15, 0.2) is 0 Å². The third kappa shape index (κ3) is 7.87. The summed E-state index contributed by atoms with van der Waals surface area (Å²) >= 11 is 0. The summed E-state index contributed by atoms with van der Waals surface area (Å²) in [6.07, 6.45) is 0. The summed E-state index contributed by atoms with van der Waals surface area (Å²) in [4.78, 5) is 4.92. The van der Waals surface area contributed by atoms with Crippen LogP contribution in [0.3, 0.4) is 0 Å². The maximum atomic E-state index is 2.46. The molecule has 18 aromatic rings. The third-order valence-electron chi connectivity index (χ3n) is 18.0. The lowest BCUT2D eigenvalue weighted by Gasteiger charge is -2.27. The van der Waals surface area contributed by atoms with Gasteiger partial charge >= 0.3 is 0 Å². The highest BCUT2D eigenvalue weighted by atomic mass is 15.2. The Hall–Kier alpha value is -11.7. The van der Waals surface area contributed by atoms with Crippen LogP contribution in [0.4, 0.5) is 34.1 Å². The van der Waals surface area contributed by atoms with Crippen molar-refractivity contribution < 1.29 is 0 Å². The van der Waals surface area contributed by atoms with E-state index in [9.17, 15) is 0 Å². The normalized spacial score (nSPS) is 11.9. The van der Waals surface area contributed by atoms with Crippen LogP contribution in [0, 0.1) is 0 Å². The van der Waals surface area contributed by atoms with E-state index in [1.165, 1.54) is 75.7 Å². The molecule has 0 spiro atoms. The SMILES string of the molecule is c1ccc(-n2c3ccccc3c3cc(N(c4ccc5cc6ccccc6cc5c4)c4ccc5c(c4)c4cc(N(c6ccc7cc8ccccc8cc7c6)c6ccc7c(c6)c6ccccc6n7-c6ccccc6)ccc4n5-c4ccccc4)ccc32)cc1. The first-order valence-electron chi connectivity index (χ1n) is 29.9. The number of benzene rings is 15. The average molecular weight is 1110 g/mol. The summed E-state index contributed by atoms with van der Waals surface area (Å²) in [6.45, 7) is 0. The molecule has 0 fully saturated rings. The van der Waals surface area contributed by atoms with Crippen LogP contribution >= 0.6 is 0 Å². The van der Waals surface area contributed by atoms with Gasteiger partial charge in [0.25, 0.3) is 0 Å². The van der Waals surface area contributed by atoms with Crippen molar-refractivity contribution in [1.29, 1.82) is 0 Å². The van der Waals surface area contributed by atoms with Crippen LogP contribution in [0.15, 0.2) is 322 Å². The van der Waals surface area contributed by atoms with Crippen molar-refractivity contribution in [3.05, 3.63) is 322 Å². The standard InChI is InChI=1S/C82H53N5/c1-4-22-62(23-5-1)85-77-30-16-14-28-71(77)73-50-67(36-40-79(73)85)83(65-34-32-58-44-54-18-10-12-20-56(54)46-60(58)48-65)69-38-42-81-75(52-69)76-53-70(39-43-82(76)87(81)64-26-8-3-9-27-64)84(66-35-33-59-45-55-19-11-13-21-57(55)47-61(59)49-66)68-37-41-80-74(51-68)72-29-15-17-31-78(72)86(80)63-24-6-2-7-25-63/h1-53H. The molecule has 0 atom stereocenters. The molecule has 5 nitrogen and oxygen atoms in total. The molecular weight excluding hydrogens is 1050 g/mol. The quantitative estimate of drug-likeness (QED) is 0.134. The fourth-order valence-electron chi connectivity index (χ4n) is 14.1. The molecule has 0 radical (unpaired) electrons. The minimum absolute atomic E-state index is 1.06. The van der Waals surface area contributed by atoms with Crippen molar-refractivity contribution in [3.8, 4) is 17.1 Å². The molecule has 406 valence electrons. The van der Waals surface area contributed by atoms with E-state index in [4.69, 9.17) is 0 Å². The first-order chi connectivity index (χ1) is 43.1. The highest BCUT2D eigenvalue weighted by Crippen LogP contribution is 2.47. The van der Waals surface area contributed by atoms with Crippen molar-refractivity contribution in [2.45, 2.75) is 0 Å². The predicted molar refractivity (Wildman–Crippen MR) is 369 cm³/mol. The van der Waals surface area contributed by atoms with Crippen LogP contribution in [-0.2, 0) is 0 Å². The first-order valence-corrected chi connectivity index (χ1v) is 29.9. The summed E-state index contributed by atoms with van der Waals surface area (Å²) in [6, 6.07) is 119. The number of anilines is 6. The third-order valence-corrected chi connectivity index (χ3v) is 18.0. The van der Waals surface area contributed by atoms with Gasteiger partial charge in [-0.1, -0.05) is 152 Å². The van der Waals surface area contributed by atoms with E-state index in [-0.39, 0.29) is 0 Å². The van der Waals surface area contributed by atoms with Gasteiger partial charge < -0.3 is 23.5 Å². The number of para-hydroxylation sites is 5. The molecule has 0 aliphatic heterocycles. The van der Waals surface area contributed by atoms with Crippen LogP contribution in [-0.4, -0.2) is 13.7 Å². The van der Waals surface area contributed by atoms with Gasteiger partial charge in [0.2, 0.25) is 0 Å². The second-order valence-electron chi connectivity index (χ2n) is 23.0. The minimum atomic E-state index is 1.06. The topological polar surface area (TPSA) is 21.3 Å². The Bertz CT molecular complexity index is 5440. The van der Waals surface area contributed by atoms with Crippen molar-refractivity contribution in [2.24, 2.45) is 0 Å². The lowest BCUT2D eigenvalue weighted by molar-refractivity contribution is 1.18. The summed E-state index contributed by atoms with van der Waals surface area (Å²) in [5.41, 5.74) is 16.7. The maximum Gasteiger partial charge on any atom is 0.0542 e. The second kappa shape index (κ2) is 19.5. The number of aromatic nitrogens is 3. The van der Waals surface area contributed by atoms with Gasteiger partial charge in [0.05, 0.1) is 33.1 Å². The molecule has 3 aromatic heterocycles. The van der Waals surface area contributed by atoms with Gasteiger partial charge in [-0.2, -0.15) is 0 Å². The Kier molecular flexibility index (Phi) is 10.9. The molecule has 0 bridgehead atoms. The number of hydrogen-bond donors (Lipinski definition) is 0. The molecule has 0 saturated heterocycles. The molecule has 0 N–H and O–H groups in total. The Morgan fingerprint density at radius 3 is 0.747 bits per heavy atom. The van der Waals surface area contributed by atoms with Crippen LogP contribution in [0.1, 0.15) is 0 Å². The zero-order valence-corrected chi connectivity index (χ0v) is 47.3. The molecule has 0 aliphatic rings. The van der Waals surface area contributed by atoms with E-state index in [2.05, 4.69) is 345 Å². The fraction of sp³-hybridized carbons (Fsp3) is 0. The van der Waals surface area contributed by atoms with Gasteiger partial charge in [-0.3, -0.25) is 0 Å². The zero-order valence-electron chi connectivity index (χ0n) is 47.3. The molecule has 0 amide bonds. The van der Waals surface area contributed by atoms with Gasteiger partial charge in [-0.25, -0.2) is 0 Å². The summed E-state index contributed by atoms with van der Waals surface area (Å²) < 4.78 is 7.22. The summed E-state index contributed by atoms with van der Waals surface area (Å²) in [5.74, 6) is 0. The van der Waals surface area contributed by atoms with E-state index in [1.54, 1.807) is 0 Å². The van der Waals surface area contributed by atoms with E-state index in [0.29, 0.717) is 0 Å². The zero-order chi connectivity index (χ0) is 57.1. The lowest BCUT2D eigenvalue weighted by atomic mass is 10.0. The number of rotatable bonds is 9. The first kappa shape index (κ1) is 48.8. The monoisotopic (exact) mass is 1110 g/mol. The Morgan fingerprint density at radius 2 is 0.402 bits per heavy atom. The lowest BCUT2D eigenvalue weighted by Crippen LogP contribution is -2.10. The molecule has 0 unspecified atom stereocenters. The highest BCUT2D eigenvalue weighted by Gasteiger charge is 2.24. The summed E-state index contributed by atoms with van der Waals surface area (Å²) in [5, 5.41) is 16.8. The molecule has 0 saturated carbocycles. The van der Waals surface area contributed by atoms with Crippen LogP contribution < -0.4 is 9.80 Å². The Morgan fingerprint density at radius 1 is 0.161 bits per heavy atom. The van der Waals surface area contributed by atoms with Crippen LogP contribution in [0.2, 0.25) is 0 Å². The molecular formula is C82H53N5. The smallest absolute Gasteiger partial charge is 0.0542 e. The predicted octanol–water partition coefficient (Wildman–Crippen LogP) is 22.5.